The molecule has 0 spiro atoms. The van der Waals surface area contributed by atoms with Crippen molar-refractivity contribution >= 4 is 11.6 Å². The molecule has 19 heavy (non-hydrogen) atoms. The quantitative estimate of drug-likeness (QED) is 0.911. The van der Waals surface area contributed by atoms with Crippen molar-refractivity contribution in [1.82, 2.24) is 10.2 Å². The Hall–Kier alpha value is -0.640. The van der Waals surface area contributed by atoms with Gasteiger partial charge >= 0.3 is 0 Å². The maximum absolute atomic E-state index is 13.9. The molecule has 0 aliphatic carbocycles. The normalized spacial score (nSPS) is 19.6. The zero-order chi connectivity index (χ0) is 13.9. The molecule has 2 rings (SSSR count). The molecule has 0 amide bonds. The maximum Gasteiger partial charge on any atom is 0.146 e. The second kappa shape index (κ2) is 6.21. The lowest BCUT2D eigenvalue weighted by molar-refractivity contribution is 0.117. The molecular weight excluding hydrogens is 263 g/mol. The Labute approximate surface area is 119 Å². The fourth-order valence-electron chi connectivity index (χ4n) is 2.81. The minimum absolute atomic E-state index is 0.174. The van der Waals surface area contributed by atoms with Gasteiger partial charge in [0, 0.05) is 37.3 Å². The summed E-state index contributed by atoms with van der Waals surface area (Å²) in [6.45, 7) is 7.93. The summed E-state index contributed by atoms with van der Waals surface area (Å²) in [5, 5.41) is 3.83. The summed E-state index contributed by atoms with van der Waals surface area (Å²) in [6.07, 6.45) is 2.19. The van der Waals surface area contributed by atoms with Crippen molar-refractivity contribution in [3.05, 3.63) is 34.6 Å². The van der Waals surface area contributed by atoms with Gasteiger partial charge in [0.1, 0.15) is 5.82 Å². The van der Waals surface area contributed by atoms with Gasteiger partial charge in [-0.3, -0.25) is 4.90 Å². The van der Waals surface area contributed by atoms with Gasteiger partial charge in [0.25, 0.3) is 0 Å². The molecule has 1 aliphatic rings. The van der Waals surface area contributed by atoms with Crippen LogP contribution in [0.25, 0.3) is 0 Å². The third kappa shape index (κ3) is 3.28. The van der Waals surface area contributed by atoms with Gasteiger partial charge in [0.15, 0.2) is 0 Å². The van der Waals surface area contributed by atoms with E-state index in [0.717, 1.165) is 32.5 Å². The minimum Gasteiger partial charge on any atom is -0.309 e. The van der Waals surface area contributed by atoms with Crippen LogP contribution in [0.3, 0.4) is 0 Å². The van der Waals surface area contributed by atoms with Gasteiger partial charge in [-0.15, -0.1) is 0 Å². The van der Waals surface area contributed by atoms with E-state index >= 15 is 0 Å². The fourth-order valence-corrected chi connectivity index (χ4v) is 3.01. The number of hydrogen-bond donors (Lipinski definition) is 1. The van der Waals surface area contributed by atoms with Gasteiger partial charge in [-0.1, -0.05) is 37.6 Å². The molecule has 1 aromatic rings. The van der Waals surface area contributed by atoms with Crippen molar-refractivity contribution < 1.29 is 4.39 Å². The lowest BCUT2D eigenvalue weighted by Crippen LogP contribution is -2.59. The molecule has 2 nitrogen and oxygen atoms in total. The average Bonchev–Trinajstić information content (AvgIpc) is 2.44. The predicted octanol–water partition coefficient (Wildman–Crippen LogP) is 3.44. The third-order valence-corrected chi connectivity index (χ3v) is 4.53. The highest BCUT2D eigenvalue weighted by Gasteiger charge is 2.31. The lowest BCUT2D eigenvalue weighted by Gasteiger charge is -2.43. The Kier molecular flexibility index (Phi) is 4.82. The smallest absolute Gasteiger partial charge is 0.146 e. The van der Waals surface area contributed by atoms with Gasteiger partial charge in [-0.2, -0.15) is 0 Å². The van der Waals surface area contributed by atoms with Crippen molar-refractivity contribution in [2.75, 3.05) is 19.6 Å². The molecule has 0 aromatic heterocycles. The van der Waals surface area contributed by atoms with Crippen LogP contribution in [0.2, 0.25) is 5.02 Å². The summed E-state index contributed by atoms with van der Waals surface area (Å²) in [4.78, 5) is 2.32. The van der Waals surface area contributed by atoms with Crippen LogP contribution < -0.4 is 5.32 Å². The minimum atomic E-state index is -0.277. The molecule has 1 fully saturated rings. The molecule has 1 heterocycles. The first-order valence-electron chi connectivity index (χ1n) is 7.00. The van der Waals surface area contributed by atoms with Crippen molar-refractivity contribution in [2.45, 2.75) is 38.8 Å². The Morgan fingerprint density at radius 3 is 2.79 bits per heavy atom. The first-order chi connectivity index (χ1) is 9.10. The summed E-state index contributed by atoms with van der Waals surface area (Å²) in [6, 6.07) is 5.24. The van der Waals surface area contributed by atoms with Gasteiger partial charge in [-0.05, 0) is 18.9 Å². The van der Waals surface area contributed by atoms with Crippen LogP contribution in [-0.2, 0) is 6.54 Å². The highest BCUT2D eigenvalue weighted by atomic mass is 35.5. The summed E-state index contributed by atoms with van der Waals surface area (Å²) in [5.41, 5.74) is 0.864. The summed E-state index contributed by atoms with van der Waals surface area (Å²) >= 11 is 5.84. The molecular formula is C15H22ClFN2. The zero-order valence-corrected chi connectivity index (χ0v) is 12.4. The molecule has 0 radical (unpaired) electrons. The molecule has 0 unspecified atom stereocenters. The zero-order valence-electron chi connectivity index (χ0n) is 11.7. The Bertz CT molecular complexity index is 432. The summed E-state index contributed by atoms with van der Waals surface area (Å²) < 4.78 is 13.9. The van der Waals surface area contributed by atoms with Crippen LogP contribution in [0.5, 0.6) is 0 Å². The molecule has 1 N–H and O–H groups in total. The topological polar surface area (TPSA) is 15.3 Å². The van der Waals surface area contributed by atoms with Crippen molar-refractivity contribution in [3.63, 3.8) is 0 Å². The first kappa shape index (κ1) is 14.8. The summed E-state index contributed by atoms with van der Waals surface area (Å²) in [7, 11) is 0. The first-order valence-corrected chi connectivity index (χ1v) is 7.38. The second-order valence-corrected chi connectivity index (χ2v) is 5.75. The maximum atomic E-state index is 13.9. The van der Waals surface area contributed by atoms with Crippen LogP contribution >= 0.6 is 11.6 Å². The largest absolute Gasteiger partial charge is 0.309 e. The monoisotopic (exact) mass is 284 g/mol. The number of nitrogens with zero attached hydrogens (tertiary/aromatic N) is 1. The number of piperazine rings is 1. The Balaban J connectivity index is 2.09. The Morgan fingerprint density at radius 2 is 2.11 bits per heavy atom. The highest BCUT2D eigenvalue weighted by Crippen LogP contribution is 2.23. The number of benzene rings is 1. The van der Waals surface area contributed by atoms with E-state index in [1.54, 1.807) is 6.07 Å². The second-order valence-electron chi connectivity index (χ2n) is 5.34. The number of hydrogen-bond acceptors (Lipinski definition) is 2. The molecule has 1 aliphatic heterocycles. The van der Waals surface area contributed by atoms with E-state index in [9.17, 15) is 4.39 Å². The van der Waals surface area contributed by atoms with Crippen LogP contribution in [0.1, 0.15) is 32.3 Å². The van der Waals surface area contributed by atoms with Gasteiger partial charge in [0.05, 0.1) is 5.02 Å². The van der Waals surface area contributed by atoms with Crippen LogP contribution in [0.15, 0.2) is 18.2 Å². The molecule has 0 saturated carbocycles. The van der Waals surface area contributed by atoms with Crippen molar-refractivity contribution in [3.8, 4) is 0 Å². The van der Waals surface area contributed by atoms with Crippen LogP contribution in [-0.4, -0.2) is 30.1 Å². The van der Waals surface area contributed by atoms with E-state index in [4.69, 9.17) is 11.6 Å². The molecule has 1 saturated heterocycles. The number of nitrogens with one attached hydrogen (secondary N) is 1. The lowest BCUT2D eigenvalue weighted by atomic mass is 9.90. The molecule has 106 valence electrons. The number of halogens is 2. The Morgan fingerprint density at radius 1 is 1.37 bits per heavy atom. The van der Waals surface area contributed by atoms with Crippen molar-refractivity contribution in [1.29, 1.82) is 0 Å². The predicted molar refractivity (Wildman–Crippen MR) is 78.0 cm³/mol. The molecule has 1 aromatic carbocycles. The van der Waals surface area contributed by atoms with E-state index in [1.165, 1.54) is 0 Å². The van der Waals surface area contributed by atoms with Crippen molar-refractivity contribution in [2.24, 2.45) is 0 Å². The van der Waals surface area contributed by atoms with Gasteiger partial charge in [0.2, 0.25) is 0 Å². The van der Waals surface area contributed by atoms with Gasteiger partial charge in [-0.25, -0.2) is 4.39 Å². The average molecular weight is 285 g/mol. The van der Waals surface area contributed by atoms with Crippen LogP contribution in [0, 0.1) is 5.82 Å². The van der Waals surface area contributed by atoms with Crippen LogP contribution in [0.4, 0.5) is 4.39 Å². The fraction of sp³-hybridized carbons (Fsp3) is 0.600. The van der Waals surface area contributed by atoms with E-state index in [1.807, 2.05) is 12.1 Å². The van der Waals surface area contributed by atoms with E-state index in [2.05, 4.69) is 24.1 Å². The van der Waals surface area contributed by atoms with E-state index < -0.39 is 0 Å². The van der Waals surface area contributed by atoms with Gasteiger partial charge < -0.3 is 5.32 Å². The number of rotatable bonds is 4. The molecule has 0 atom stereocenters. The summed E-state index contributed by atoms with van der Waals surface area (Å²) in [5.74, 6) is -0.277. The molecule has 0 bridgehead atoms. The van der Waals surface area contributed by atoms with E-state index in [0.29, 0.717) is 12.1 Å². The highest BCUT2D eigenvalue weighted by molar-refractivity contribution is 6.30. The third-order valence-electron chi connectivity index (χ3n) is 4.23. The molecule has 4 heteroatoms. The standard InChI is InChI=1S/C15H22ClFN2/c1-3-15(4-2)11-19(9-8-18-15)10-12-6-5-7-13(16)14(12)17/h5-7,18H,3-4,8-11H2,1-2H3. The SMILES string of the molecule is CCC1(CC)CN(Cc2cccc(Cl)c2F)CCN1. The van der Waals surface area contributed by atoms with E-state index in [-0.39, 0.29) is 16.4 Å².